The molecule has 0 aliphatic heterocycles. The molecular formula is C19H13Cl2N5O2S. The van der Waals surface area contributed by atoms with Crippen molar-refractivity contribution in [3.8, 4) is 16.9 Å². The van der Waals surface area contributed by atoms with Gasteiger partial charge in [0, 0.05) is 23.0 Å². The summed E-state index contributed by atoms with van der Waals surface area (Å²) in [4.78, 5) is 29.7. The van der Waals surface area contributed by atoms with Gasteiger partial charge in [-0.3, -0.25) is 15.1 Å². The number of thiazole rings is 1. The lowest BCUT2D eigenvalue weighted by Crippen LogP contribution is -2.14. The summed E-state index contributed by atoms with van der Waals surface area (Å²) in [6.07, 6.45) is 4.59. The number of fused-ring (bicyclic) bond motifs is 1. The normalized spacial score (nSPS) is 10.9. The fraction of sp³-hybridized carbons (Fsp3) is 0.105. The van der Waals surface area contributed by atoms with Crippen LogP contribution in [-0.2, 0) is 0 Å². The summed E-state index contributed by atoms with van der Waals surface area (Å²) in [5.41, 5.74) is 3.02. The monoisotopic (exact) mass is 445 g/mol. The van der Waals surface area contributed by atoms with E-state index in [1.54, 1.807) is 24.4 Å². The average molecular weight is 446 g/mol. The molecule has 1 amide bonds. The fourth-order valence-corrected chi connectivity index (χ4v) is 4.03. The van der Waals surface area contributed by atoms with E-state index in [0.717, 1.165) is 10.4 Å². The quantitative estimate of drug-likeness (QED) is 0.443. The van der Waals surface area contributed by atoms with E-state index in [9.17, 15) is 4.79 Å². The van der Waals surface area contributed by atoms with E-state index in [-0.39, 0.29) is 11.1 Å². The molecule has 0 saturated carbocycles. The minimum Gasteiger partial charge on any atom is -0.494 e. The predicted octanol–water partition coefficient (Wildman–Crippen LogP) is 5.02. The van der Waals surface area contributed by atoms with Gasteiger partial charge in [0.15, 0.2) is 5.13 Å². The summed E-state index contributed by atoms with van der Waals surface area (Å²) in [6.45, 7) is 1.84. The van der Waals surface area contributed by atoms with Crippen LogP contribution >= 0.6 is 34.5 Å². The summed E-state index contributed by atoms with van der Waals surface area (Å²) < 4.78 is 6.22. The van der Waals surface area contributed by atoms with Gasteiger partial charge in [0.1, 0.15) is 21.6 Å². The molecule has 4 aromatic rings. The zero-order valence-corrected chi connectivity index (χ0v) is 17.6. The number of methoxy groups -OCH3 is 1. The van der Waals surface area contributed by atoms with Crippen LogP contribution in [0.1, 0.15) is 16.1 Å². The van der Waals surface area contributed by atoms with Gasteiger partial charge in [-0.2, -0.15) is 0 Å². The van der Waals surface area contributed by atoms with Gasteiger partial charge in [0.25, 0.3) is 5.91 Å². The number of carbonyl (C=O) groups excluding carboxylic acids is 1. The smallest absolute Gasteiger partial charge is 0.259 e. The number of nitrogens with zero attached hydrogens (tertiary/aromatic N) is 4. The Morgan fingerprint density at radius 2 is 1.79 bits per heavy atom. The number of carbonyl (C=O) groups is 1. The highest BCUT2D eigenvalue weighted by Gasteiger charge is 2.19. The van der Waals surface area contributed by atoms with Crippen molar-refractivity contribution in [3.63, 3.8) is 0 Å². The van der Waals surface area contributed by atoms with E-state index < -0.39 is 0 Å². The lowest BCUT2D eigenvalue weighted by atomic mass is 10.0. The molecule has 0 unspecified atom stereocenters. The number of ether oxygens (including phenoxy) is 1. The molecule has 10 heteroatoms. The topological polar surface area (TPSA) is 89.9 Å². The third kappa shape index (κ3) is 4.00. The molecule has 4 aromatic heterocycles. The van der Waals surface area contributed by atoms with Crippen LogP contribution in [-0.4, -0.2) is 33.0 Å². The van der Waals surface area contributed by atoms with Crippen LogP contribution in [0.4, 0.5) is 5.13 Å². The standard InChI is InChI=1S/C19H13Cl2N5O2S/c1-9-3-10(11-4-16(20)24-8-14(11)28-2)12(6-22-9)18(27)26-19-25-13-7-23-17(21)5-15(13)29-19/h3-8H,1-2H3,(H,25,26,27). The van der Waals surface area contributed by atoms with Crippen molar-refractivity contribution in [3.05, 3.63) is 58.4 Å². The molecule has 0 bridgehead atoms. The molecule has 0 spiro atoms. The Bertz CT molecular complexity index is 1240. The predicted molar refractivity (Wildman–Crippen MR) is 114 cm³/mol. The molecule has 0 radical (unpaired) electrons. The van der Waals surface area contributed by atoms with Gasteiger partial charge < -0.3 is 4.74 Å². The van der Waals surface area contributed by atoms with Crippen LogP contribution in [0.25, 0.3) is 21.3 Å². The third-order valence-corrected chi connectivity index (χ3v) is 5.44. The second-order valence-electron chi connectivity index (χ2n) is 6.03. The van der Waals surface area contributed by atoms with E-state index in [1.807, 2.05) is 6.92 Å². The van der Waals surface area contributed by atoms with Crippen molar-refractivity contribution in [1.29, 1.82) is 0 Å². The van der Waals surface area contributed by atoms with Crippen LogP contribution in [0.3, 0.4) is 0 Å². The molecule has 4 rings (SSSR count). The number of halogens is 2. The molecule has 0 aliphatic carbocycles. The van der Waals surface area contributed by atoms with Crippen LogP contribution in [0.2, 0.25) is 10.3 Å². The highest BCUT2D eigenvalue weighted by atomic mass is 35.5. The van der Waals surface area contributed by atoms with E-state index in [2.05, 4.69) is 25.3 Å². The average Bonchev–Trinajstić information content (AvgIpc) is 3.09. The maximum atomic E-state index is 13.0. The number of aryl methyl sites for hydroxylation is 1. The van der Waals surface area contributed by atoms with Crippen molar-refractivity contribution in [2.75, 3.05) is 12.4 Å². The van der Waals surface area contributed by atoms with Gasteiger partial charge >= 0.3 is 0 Å². The van der Waals surface area contributed by atoms with Crippen LogP contribution in [0.15, 0.2) is 36.8 Å². The Kier molecular flexibility index (Phi) is 5.31. The highest BCUT2D eigenvalue weighted by molar-refractivity contribution is 7.22. The number of hydrogen-bond donors (Lipinski definition) is 1. The summed E-state index contributed by atoms with van der Waals surface area (Å²) >= 11 is 13.3. The van der Waals surface area contributed by atoms with E-state index in [1.165, 1.54) is 30.8 Å². The van der Waals surface area contributed by atoms with E-state index >= 15 is 0 Å². The Morgan fingerprint density at radius 1 is 1.03 bits per heavy atom. The molecule has 0 aromatic carbocycles. The zero-order valence-electron chi connectivity index (χ0n) is 15.2. The maximum Gasteiger partial charge on any atom is 0.259 e. The number of pyridine rings is 3. The lowest BCUT2D eigenvalue weighted by Gasteiger charge is -2.13. The first-order valence-corrected chi connectivity index (χ1v) is 9.92. The van der Waals surface area contributed by atoms with Gasteiger partial charge in [0.05, 0.1) is 29.8 Å². The lowest BCUT2D eigenvalue weighted by molar-refractivity contribution is 0.102. The van der Waals surface area contributed by atoms with Crippen molar-refractivity contribution < 1.29 is 9.53 Å². The fourth-order valence-electron chi connectivity index (χ4n) is 2.78. The Hall–Kier alpha value is -2.81. The van der Waals surface area contributed by atoms with Gasteiger partial charge in [-0.25, -0.2) is 15.0 Å². The van der Waals surface area contributed by atoms with Crippen LogP contribution in [0.5, 0.6) is 5.75 Å². The first kappa shape index (κ1) is 19.5. The number of amides is 1. The zero-order chi connectivity index (χ0) is 20.5. The summed E-state index contributed by atoms with van der Waals surface area (Å²) in [7, 11) is 1.53. The number of rotatable bonds is 4. The molecule has 7 nitrogen and oxygen atoms in total. The van der Waals surface area contributed by atoms with Gasteiger partial charge in [0.2, 0.25) is 0 Å². The molecular weight excluding hydrogens is 433 g/mol. The molecule has 0 saturated heterocycles. The second-order valence-corrected chi connectivity index (χ2v) is 7.83. The van der Waals surface area contributed by atoms with Crippen LogP contribution < -0.4 is 10.1 Å². The van der Waals surface area contributed by atoms with Gasteiger partial charge in [-0.1, -0.05) is 34.5 Å². The van der Waals surface area contributed by atoms with Crippen LogP contribution in [0, 0.1) is 6.92 Å². The summed E-state index contributed by atoms with van der Waals surface area (Å²) in [5.74, 6) is 0.135. The summed E-state index contributed by atoms with van der Waals surface area (Å²) in [5, 5.41) is 3.90. The van der Waals surface area contributed by atoms with Crippen molar-refractivity contribution in [2.24, 2.45) is 0 Å². The first-order chi connectivity index (χ1) is 13.9. The van der Waals surface area contributed by atoms with Crippen molar-refractivity contribution in [1.82, 2.24) is 19.9 Å². The minimum absolute atomic E-state index is 0.289. The maximum absolute atomic E-state index is 13.0. The number of anilines is 1. The van der Waals surface area contributed by atoms with E-state index in [0.29, 0.717) is 38.2 Å². The van der Waals surface area contributed by atoms with E-state index in [4.69, 9.17) is 27.9 Å². The van der Waals surface area contributed by atoms with Gasteiger partial charge in [-0.15, -0.1) is 0 Å². The number of nitrogens with one attached hydrogen (secondary N) is 1. The minimum atomic E-state index is -0.361. The Balaban J connectivity index is 1.75. The van der Waals surface area contributed by atoms with Crippen molar-refractivity contribution >= 4 is 55.8 Å². The van der Waals surface area contributed by atoms with Gasteiger partial charge in [-0.05, 0) is 25.1 Å². The number of hydrogen-bond acceptors (Lipinski definition) is 7. The molecule has 146 valence electrons. The molecule has 0 atom stereocenters. The Labute approximate surface area is 179 Å². The molecule has 0 fully saturated rings. The molecule has 29 heavy (non-hydrogen) atoms. The molecule has 4 heterocycles. The SMILES string of the molecule is COc1cnc(Cl)cc1-c1cc(C)ncc1C(=O)Nc1nc2cnc(Cl)cc2s1. The highest BCUT2D eigenvalue weighted by Crippen LogP contribution is 2.34. The third-order valence-electron chi connectivity index (χ3n) is 4.09. The largest absolute Gasteiger partial charge is 0.494 e. The first-order valence-electron chi connectivity index (χ1n) is 8.34. The number of aromatic nitrogens is 4. The molecule has 1 N–H and O–H groups in total. The second kappa shape index (κ2) is 7.90. The Morgan fingerprint density at radius 3 is 2.59 bits per heavy atom. The van der Waals surface area contributed by atoms with Crippen molar-refractivity contribution in [2.45, 2.75) is 6.92 Å². The summed E-state index contributed by atoms with van der Waals surface area (Å²) in [6, 6.07) is 5.15. The molecule has 0 aliphatic rings.